The van der Waals surface area contributed by atoms with E-state index in [9.17, 15) is 21.6 Å². The summed E-state index contributed by atoms with van der Waals surface area (Å²) in [5.41, 5.74) is 0.540. The van der Waals surface area contributed by atoms with Crippen LogP contribution in [-0.2, 0) is 16.2 Å². The van der Waals surface area contributed by atoms with E-state index in [1.54, 1.807) is 19.9 Å². The molecule has 4 nitrogen and oxygen atoms in total. The van der Waals surface area contributed by atoms with Crippen LogP contribution in [0.4, 0.5) is 19.0 Å². The van der Waals surface area contributed by atoms with Crippen LogP contribution < -0.4 is 4.72 Å². The lowest BCUT2D eigenvalue weighted by atomic mass is 10.2. The van der Waals surface area contributed by atoms with Gasteiger partial charge in [-0.15, -0.1) is 0 Å². The van der Waals surface area contributed by atoms with E-state index in [1.807, 2.05) is 0 Å². The minimum atomic E-state index is -4.51. The normalized spacial score (nSPS) is 12.2. The van der Waals surface area contributed by atoms with Crippen LogP contribution in [0.3, 0.4) is 0 Å². The van der Waals surface area contributed by atoms with Crippen LogP contribution in [0.1, 0.15) is 16.8 Å². The van der Waals surface area contributed by atoms with Crippen LogP contribution in [0.15, 0.2) is 41.3 Å². The van der Waals surface area contributed by atoms with Gasteiger partial charge >= 0.3 is 6.18 Å². The maximum atomic E-state index is 12.5. The summed E-state index contributed by atoms with van der Waals surface area (Å²) >= 11 is 0. The smallest absolute Gasteiger partial charge is 0.263 e. The number of benzene rings is 1. The first kappa shape index (κ1) is 16.3. The summed E-state index contributed by atoms with van der Waals surface area (Å²) in [6, 6.07) is 6.58. The molecule has 0 saturated carbocycles. The van der Waals surface area contributed by atoms with Crippen molar-refractivity contribution in [2.75, 3.05) is 4.72 Å². The first-order valence-electron chi connectivity index (χ1n) is 6.23. The van der Waals surface area contributed by atoms with Crippen molar-refractivity contribution in [3.05, 3.63) is 53.2 Å². The molecule has 2 aromatic rings. The minimum Gasteiger partial charge on any atom is -0.263 e. The molecule has 1 aromatic carbocycles. The Bertz CT molecular complexity index is 764. The van der Waals surface area contributed by atoms with Crippen molar-refractivity contribution in [2.45, 2.75) is 24.9 Å². The second-order valence-corrected chi connectivity index (χ2v) is 6.48. The number of pyridine rings is 1. The molecular weight excluding hydrogens is 317 g/mol. The molecule has 0 radical (unpaired) electrons. The monoisotopic (exact) mass is 330 g/mol. The zero-order valence-electron chi connectivity index (χ0n) is 11.8. The maximum absolute atomic E-state index is 12.5. The quantitative estimate of drug-likeness (QED) is 0.937. The van der Waals surface area contributed by atoms with Gasteiger partial charge in [0.25, 0.3) is 10.0 Å². The van der Waals surface area contributed by atoms with Gasteiger partial charge in [0.05, 0.1) is 10.5 Å². The van der Waals surface area contributed by atoms with Gasteiger partial charge in [0.15, 0.2) is 0 Å². The molecule has 118 valence electrons. The van der Waals surface area contributed by atoms with Gasteiger partial charge in [-0.3, -0.25) is 4.72 Å². The molecule has 22 heavy (non-hydrogen) atoms. The number of aryl methyl sites for hydroxylation is 2. The van der Waals surface area contributed by atoms with Gasteiger partial charge in [-0.1, -0.05) is 0 Å². The van der Waals surface area contributed by atoms with Crippen LogP contribution in [0, 0.1) is 13.8 Å². The molecule has 0 bridgehead atoms. The number of hydrogen-bond acceptors (Lipinski definition) is 3. The molecule has 0 atom stereocenters. The highest BCUT2D eigenvalue weighted by Gasteiger charge is 2.30. The van der Waals surface area contributed by atoms with Crippen LogP contribution in [-0.4, -0.2) is 13.4 Å². The van der Waals surface area contributed by atoms with E-state index in [2.05, 4.69) is 9.71 Å². The van der Waals surface area contributed by atoms with Crippen LogP contribution in [0.25, 0.3) is 0 Å². The number of alkyl halides is 3. The zero-order chi connectivity index (χ0) is 16.5. The topological polar surface area (TPSA) is 59.1 Å². The summed E-state index contributed by atoms with van der Waals surface area (Å²) in [5.74, 6) is 0.123. The highest BCUT2D eigenvalue weighted by molar-refractivity contribution is 7.92. The van der Waals surface area contributed by atoms with Gasteiger partial charge in [-0.2, -0.15) is 13.2 Å². The first-order chi connectivity index (χ1) is 10.1. The Morgan fingerprint density at radius 3 is 2.14 bits per heavy atom. The third kappa shape index (κ3) is 3.76. The number of halogens is 3. The molecular formula is C14H13F3N2O2S. The largest absolute Gasteiger partial charge is 0.416 e. The molecule has 2 rings (SSSR count). The standard InChI is InChI=1S/C14H13F3N2O2S/c1-9-7-10(2)18-13(8-9)19-22(20,21)12-5-3-11(4-6-12)14(15,16)17/h3-8H,1-2H3,(H,18,19). The van der Waals surface area contributed by atoms with Gasteiger partial charge in [0.1, 0.15) is 5.82 Å². The predicted octanol–water partition coefficient (Wildman–Crippen LogP) is 3.52. The van der Waals surface area contributed by atoms with Crippen LogP contribution in [0.5, 0.6) is 0 Å². The Kier molecular flexibility index (Phi) is 4.15. The van der Waals surface area contributed by atoms with Crippen molar-refractivity contribution in [1.82, 2.24) is 4.98 Å². The number of rotatable bonds is 3. The maximum Gasteiger partial charge on any atom is 0.416 e. The van der Waals surface area contributed by atoms with Crippen molar-refractivity contribution < 1.29 is 21.6 Å². The second kappa shape index (κ2) is 5.60. The number of hydrogen-bond donors (Lipinski definition) is 1. The molecule has 0 aliphatic heterocycles. The van der Waals surface area contributed by atoms with Gasteiger partial charge in [0, 0.05) is 5.69 Å². The van der Waals surface area contributed by atoms with Crippen molar-refractivity contribution in [1.29, 1.82) is 0 Å². The Labute approximate surface area is 126 Å². The van der Waals surface area contributed by atoms with E-state index < -0.39 is 21.8 Å². The molecule has 0 aliphatic carbocycles. The molecule has 0 unspecified atom stereocenters. The molecule has 0 saturated heterocycles. The lowest BCUT2D eigenvalue weighted by molar-refractivity contribution is -0.137. The molecule has 0 amide bonds. The Hall–Kier alpha value is -2.09. The van der Waals surface area contributed by atoms with Gasteiger partial charge in [-0.25, -0.2) is 13.4 Å². The molecule has 0 spiro atoms. The SMILES string of the molecule is Cc1cc(C)nc(NS(=O)(=O)c2ccc(C(F)(F)F)cc2)c1. The molecule has 0 fully saturated rings. The number of aromatic nitrogens is 1. The van der Waals surface area contributed by atoms with Crippen molar-refractivity contribution in [2.24, 2.45) is 0 Å². The van der Waals surface area contributed by atoms with Gasteiger partial charge in [0.2, 0.25) is 0 Å². The molecule has 1 aromatic heterocycles. The summed E-state index contributed by atoms with van der Waals surface area (Å²) in [6.45, 7) is 3.49. The van der Waals surface area contributed by atoms with E-state index >= 15 is 0 Å². The van der Waals surface area contributed by atoms with Crippen molar-refractivity contribution in [3.63, 3.8) is 0 Å². The van der Waals surface area contributed by atoms with E-state index in [0.717, 1.165) is 29.8 Å². The fraction of sp³-hybridized carbons (Fsp3) is 0.214. The number of anilines is 1. The zero-order valence-corrected chi connectivity index (χ0v) is 12.6. The van der Waals surface area contributed by atoms with Crippen molar-refractivity contribution in [3.8, 4) is 0 Å². The Morgan fingerprint density at radius 1 is 1.05 bits per heavy atom. The molecule has 0 aliphatic rings. The van der Waals surface area contributed by atoms with Gasteiger partial charge < -0.3 is 0 Å². The third-order valence-corrected chi connectivity index (χ3v) is 4.20. The molecule has 1 N–H and O–H groups in total. The third-order valence-electron chi connectivity index (χ3n) is 2.83. The predicted molar refractivity (Wildman–Crippen MR) is 76.0 cm³/mol. The summed E-state index contributed by atoms with van der Waals surface area (Å²) in [5, 5.41) is 0. The van der Waals surface area contributed by atoms with Crippen LogP contribution >= 0.6 is 0 Å². The Morgan fingerprint density at radius 2 is 1.64 bits per heavy atom. The summed E-state index contributed by atoms with van der Waals surface area (Å²) < 4.78 is 64.0. The average molecular weight is 330 g/mol. The van der Waals surface area contributed by atoms with E-state index in [1.165, 1.54) is 6.07 Å². The molecule has 8 heteroatoms. The fourth-order valence-corrected chi connectivity index (χ4v) is 2.91. The highest BCUT2D eigenvalue weighted by atomic mass is 32.2. The summed E-state index contributed by atoms with van der Waals surface area (Å²) in [7, 11) is -3.99. The van der Waals surface area contributed by atoms with E-state index in [4.69, 9.17) is 0 Å². The van der Waals surface area contributed by atoms with E-state index in [0.29, 0.717) is 5.69 Å². The average Bonchev–Trinajstić information content (AvgIpc) is 2.36. The van der Waals surface area contributed by atoms with Gasteiger partial charge in [-0.05, 0) is 55.8 Å². The highest BCUT2D eigenvalue weighted by Crippen LogP contribution is 2.30. The first-order valence-corrected chi connectivity index (χ1v) is 7.71. The second-order valence-electron chi connectivity index (χ2n) is 4.80. The van der Waals surface area contributed by atoms with E-state index in [-0.39, 0.29) is 10.7 Å². The van der Waals surface area contributed by atoms with Crippen LogP contribution in [0.2, 0.25) is 0 Å². The Balaban J connectivity index is 2.30. The minimum absolute atomic E-state index is 0.123. The summed E-state index contributed by atoms with van der Waals surface area (Å²) in [4.78, 5) is 3.77. The molecule has 1 heterocycles. The number of nitrogens with one attached hydrogen (secondary N) is 1. The summed E-state index contributed by atoms with van der Waals surface area (Å²) in [6.07, 6.45) is -4.51. The number of nitrogens with zero attached hydrogens (tertiary/aromatic N) is 1. The lowest BCUT2D eigenvalue weighted by Gasteiger charge is -2.10. The van der Waals surface area contributed by atoms with Crippen molar-refractivity contribution >= 4 is 15.8 Å². The number of sulfonamides is 1. The fourth-order valence-electron chi connectivity index (χ4n) is 1.91. The lowest BCUT2D eigenvalue weighted by Crippen LogP contribution is -2.15.